The molecule has 0 radical (unpaired) electrons. The molecule has 1 atom stereocenters. The van der Waals surface area contributed by atoms with E-state index in [1.165, 1.54) is 0 Å². The Hall–Kier alpha value is -1.10. The molecule has 1 aliphatic heterocycles. The molecule has 1 amide bonds. The molecule has 2 rings (SSSR count). The van der Waals surface area contributed by atoms with Crippen LogP contribution in [-0.4, -0.2) is 76.4 Å². The van der Waals surface area contributed by atoms with Crippen LogP contribution in [0.1, 0.15) is 23.7 Å². The van der Waals surface area contributed by atoms with Crippen LogP contribution in [0.15, 0.2) is 29.3 Å². The first-order valence-electron chi connectivity index (χ1n) is 9.78. The summed E-state index contributed by atoms with van der Waals surface area (Å²) in [6.07, 6.45) is 1.08. The lowest BCUT2D eigenvalue weighted by molar-refractivity contribution is 0.0536. The van der Waals surface area contributed by atoms with E-state index in [0.717, 1.165) is 38.6 Å². The molecule has 2 N–H and O–H groups in total. The van der Waals surface area contributed by atoms with Crippen molar-refractivity contribution in [2.45, 2.75) is 13.3 Å². The van der Waals surface area contributed by atoms with Crippen LogP contribution >= 0.6 is 35.6 Å². The van der Waals surface area contributed by atoms with Gasteiger partial charge in [0.2, 0.25) is 0 Å². The molecule has 0 saturated carbocycles. The topological polar surface area (TPSA) is 75.2 Å². The third-order valence-corrected chi connectivity index (χ3v) is 4.81. The number of likely N-dealkylation sites (tertiary alicyclic amines) is 1. The Morgan fingerprint density at radius 3 is 2.83 bits per heavy atom. The van der Waals surface area contributed by atoms with E-state index >= 15 is 0 Å². The van der Waals surface area contributed by atoms with E-state index in [2.05, 4.69) is 27.4 Å². The Bertz CT molecular complexity index is 648. The first-order chi connectivity index (χ1) is 13.7. The number of carbonyl (C=O) groups excluding carboxylic acids is 1. The number of hydrogen-bond acceptors (Lipinski definition) is 4. The smallest absolute Gasteiger partial charge is 0.252 e. The average molecular weight is 539 g/mol. The lowest BCUT2D eigenvalue weighted by atomic mass is 10.1. The zero-order chi connectivity index (χ0) is 20.2. The highest BCUT2D eigenvalue weighted by atomic mass is 127. The molecule has 0 aromatic heterocycles. The van der Waals surface area contributed by atoms with Crippen LogP contribution < -0.4 is 10.6 Å². The number of aliphatic imine (C=N–C) groups is 1. The quantitative estimate of drug-likeness (QED) is 0.207. The van der Waals surface area contributed by atoms with Gasteiger partial charge in [0, 0.05) is 39.2 Å². The zero-order valence-electron chi connectivity index (χ0n) is 17.2. The van der Waals surface area contributed by atoms with Crippen molar-refractivity contribution < 1.29 is 14.3 Å². The number of amides is 1. The minimum atomic E-state index is -0.180. The van der Waals surface area contributed by atoms with Crippen LogP contribution in [0.25, 0.3) is 0 Å². The van der Waals surface area contributed by atoms with Crippen molar-refractivity contribution in [3.05, 3.63) is 34.9 Å². The van der Waals surface area contributed by atoms with Crippen molar-refractivity contribution in [1.29, 1.82) is 0 Å². The summed E-state index contributed by atoms with van der Waals surface area (Å²) in [6, 6.07) is 7.02. The summed E-state index contributed by atoms with van der Waals surface area (Å²) in [5.41, 5.74) is 0.482. The van der Waals surface area contributed by atoms with Crippen LogP contribution in [0, 0.1) is 5.92 Å². The molecule has 164 valence electrons. The van der Waals surface area contributed by atoms with E-state index < -0.39 is 0 Å². The fraction of sp³-hybridized carbons (Fsp3) is 0.600. The summed E-state index contributed by atoms with van der Waals surface area (Å²) in [6.45, 7) is 7.69. The molecule has 1 aromatic rings. The maximum Gasteiger partial charge on any atom is 0.252 e. The van der Waals surface area contributed by atoms with Crippen LogP contribution in [-0.2, 0) is 9.47 Å². The van der Waals surface area contributed by atoms with Crippen molar-refractivity contribution in [3.8, 4) is 0 Å². The highest BCUT2D eigenvalue weighted by Gasteiger charge is 2.24. The Morgan fingerprint density at radius 2 is 2.10 bits per heavy atom. The summed E-state index contributed by atoms with van der Waals surface area (Å²) in [5.74, 6) is 1.20. The van der Waals surface area contributed by atoms with Gasteiger partial charge in [-0.1, -0.05) is 23.7 Å². The standard InChI is InChI=1S/C20H31ClN4O3.HI/c1-3-22-20(25-11-8-16(14-25)15-28-13-12-27-2)24-10-9-23-19(26)17-6-4-5-7-18(17)21;/h4-7,16H,3,8-15H2,1-2H3,(H,22,24)(H,23,26);1H. The van der Waals surface area contributed by atoms with Gasteiger partial charge in [0.25, 0.3) is 5.91 Å². The Labute approximate surface area is 195 Å². The van der Waals surface area contributed by atoms with Gasteiger partial charge in [-0.15, -0.1) is 24.0 Å². The molecule has 1 heterocycles. The summed E-state index contributed by atoms with van der Waals surface area (Å²) in [5, 5.41) is 6.65. The van der Waals surface area contributed by atoms with Crippen LogP contribution in [0.5, 0.6) is 0 Å². The maximum absolute atomic E-state index is 12.2. The fourth-order valence-corrected chi connectivity index (χ4v) is 3.27. The maximum atomic E-state index is 12.2. The van der Waals surface area contributed by atoms with Gasteiger partial charge in [-0.25, -0.2) is 0 Å². The molecule has 1 unspecified atom stereocenters. The van der Waals surface area contributed by atoms with E-state index in [1.807, 2.05) is 0 Å². The van der Waals surface area contributed by atoms with Gasteiger partial charge in [0.15, 0.2) is 5.96 Å². The number of nitrogens with zero attached hydrogens (tertiary/aromatic N) is 2. The summed E-state index contributed by atoms with van der Waals surface area (Å²) < 4.78 is 10.7. The van der Waals surface area contributed by atoms with E-state index in [9.17, 15) is 4.79 Å². The van der Waals surface area contributed by atoms with Crippen molar-refractivity contribution in [1.82, 2.24) is 15.5 Å². The number of rotatable bonds is 10. The predicted octanol–water partition coefficient (Wildman–Crippen LogP) is 2.64. The number of benzene rings is 1. The molecule has 0 spiro atoms. The average Bonchev–Trinajstić information content (AvgIpc) is 3.16. The number of nitrogens with one attached hydrogen (secondary N) is 2. The van der Waals surface area contributed by atoms with Gasteiger partial charge in [0.05, 0.1) is 37.0 Å². The second kappa shape index (κ2) is 14.8. The van der Waals surface area contributed by atoms with Gasteiger partial charge in [-0.2, -0.15) is 0 Å². The van der Waals surface area contributed by atoms with Crippen molar-refractivity contribution in [3.63, 3.8) is 0 Å². The van der Waals surface area contributed by atoms with Crippen molar-refractivity contribution in [2.24, 2.45) is 10.9 Å². The van der Waals surface area contributed by atoms with Gasteiger partial charge in [-0.05, 0) is 25.5 Å². The third kappa shape index (κ3) is 9.06. The SMILES string of the molecule is CCNC(=NCCNC(=O)c1ccccc1Cl)N1CCC(COCCOC)C1.I. The molecule has 0 bridgehead atoms. The van der Waals surface area contributed by atoms with Crippen molar-refractivity contribution >= 4 is 47.4 Å². The molecule has 1 aliphatic rings. The van der Waals surface area contributed by atoms with Crippen LogP contribution in [0.4, 0.5) is 0 Å². The first kappa shape index (κ1) is 25.9. The number of halogens is 2. The number of guanidine groups is 1. The summed E-state index contributed by atoms with van der Waals surface area (Å²) >= 11 is 6.05. The minimum absolute atomic E-state index is 0. The number of methoxy groups -OCH3 is 1. The molecule has 1 aromatic carbocycles. The first-order valence-corrected chi connectivity index (χ1v) is 10.2. The zero-order valence-corrected chi connectivity index (χ0v) is 20.2. The summed E-state index contributed by atoms with van der Waals surface area (Å²) in [7, 11) is 1.68. The Morgan fingerprint density at radius 1 is 1.31 bits per heavy atom. The molecule has 1 saturated heterocycles. The molecule has 9 heteroatoms. The molecule has 0 aliphatic carbocycles. The van der Waals surface area contributed by atoms with Gasteiger partial charge < -0.3 is 25.0 Å². The Balaban J connectivity index is 0.00000420. The van der Waals surface area contributed by atoms with Gasteiger partial charge in [-0.3, -0.25) is 9.79 Å². The highest BCUT2D eigenvalue weighted by Crippen LogP contribution is 2.17. The lowest BCUT2D eigenvalue weighted by Gasteiger charge is -2.21. The Kier molecular flexibility index (Phi) is 13.2. The number of carbonyl (C=O) groups is 1. The van der Waals surface area contributed by atoms with E-state index in [1.54, 1.807) is 31.4 Å². The van der Waals surface area contributed by atoms with E-state index in [0.29, 0.717) is 42.8 Å². The van der Waals surface area contributed by atoms with Crippen LogP contribution in [0.2, 0.25) is 5.02 Å². The normalized spacial score (nSPS) is 16.4. The van der Waals surface area contributed by atoms with Gasteiger partial charge >= 0.3 is 0 Å². The predicted molar refractivity (Wildman–Crippen MR) is 128 cm³/mol. The van der Waals surface area contributed by atoms with E-state index in [4.69, 9.17) is 21.1 Å². The highest BCUT2D eigenvalue weighted by molar-refractivity contribution is 14.0. The third-order valence-electron chi connectivity index (χ3n) is 4.48. The number of hydrogen-bond donors (Lipinski definition) is 2. The van der Waals surface area contributed by atoms with Crippen LogP contribution in [0.3, 0.4) is 0 Å². The number of ether oxygens (including phenoxy) is 2. The summed E-state index contributed by atoms with van der Waals surface area (Å²) in [4.78, 5) is 19.1. The second-order valence-electron chi connectivity index (χ2n) is 6.64. The minimum Gasteiger partial charge on any atom is -0.382 e. The fourth-order valence-electron chi connectivity index (χ4n) is 3.05. The lowest BCUT2D eigenvalue weighted by Crippen LogP contribution is -2.41. The molecular formula is C20H32ClIN4O3. The van der Waals surface area contributed by atoms with Gasteiger partial charge in [0.1, 0.15) is 0 Å². The molecule has 7 nitrogen and oxygen atoms in total. The monoisotopic (exact) mass is 538 g/mol. The molecule has 29 heavy (non-hydrogen) atoms. The second-order valence-corrected chi connectivity index (χ2v) is 7.05. The molecule has 1 fully saturated rings. The largest absolute Gasteiger partial charge is 0.382 e. The van der Waals surface area contributed by atoms with Crippen molar-refractivity contribution in [2.75, 3.05) is 59.7 Å². The van der Waals surface area contributed by atoms with E-state index in [-0.39, 0.29) is 29.9 Å². The molecular weight excluding hydrogens is 507 g/mol.